The number of carbonyl (C=O) groups is 4. The number of nitrogens with zero attached hydrogens (tertiary/aromatic N) is 3. The molecule has 0 radical (unpaired) electrons. The molecule has 0 aliphatic rings. The third kappa shape index (κ3) is 28.4. The van der Waals surface area contributed by atoms with Crippen LogP contribution in [0.1, 0.15) is 47.1 Å². The fourth-order valence-electron chi connectivity index (χ4n) is 8.87. The molecule has 0 aromatic heterocycles. The second kappa shape index (κ2) is 44.1. The van der Waals surface area contributed by atoms with E-state index in [0.29, 0.717) is 136 Å². The number of nitrogens with one attached hydrogen (secondary N) is 5. The average Bonchev–Trinajstić information content (AvgIpc) is 1.19. The highest BCUT2D eigenvalue weighted by molar-refractivity contribution is 5.98. The minimum Gasteiger partial charge on any atom is -0.497 e. The molecule has 5 aromatic carbocycles. The van der Waals surface area contributed by atoms with Gasteiger partial charge in [0.15, 0.2) is 0 Å². The van der Waals surface area contributed by atoms with Crippen molar-refractivity contribution in [3.63, 3.8) is 0 Å². The lowest BCUT2D eigenvalue weighted by Crippen LogP contribution is -2.54. The van der Waals surface area contributed by atoms with Crippen LogP contribution in [0.3, 0.4) is 0 Å². The van der Waals surface area contributed by atoms with Crippen molar-refractivity contribution >= 4 is 29.3 Å². The number of rotatable bonds is 49. The van der Waals surface area contributed by atoms with E-state index < -0.39 is 54.5 Å². The standard InChI is InChI=1S/C64H86N8O15/c1-78-57-26-22-55(23-27-57)64(53-15-7-3-8-16-53,54-17-9-4-10-18-54)67-28-12-11-19-58(62(76)69-56-24-20-52(48-73)21-25-56)71-63(77)59(47-51-13-5-2-6-14-51)70-61(75)50-87-49-60(74)66-29-31-79-33-35-81-37-39-83-41-43-85-45-46-86-44-42-84-40-38-82-36-34-80-32-30-68-72-65/h2-10,13-18,20-27,58-59,67,73H,11-12,19,28-50H2,1H3,(H,66,74)(H,69,76)(H,70,75)(H,71,77)/t58-,59-/m0/s1. The van der Waals surface area contributed by atoms with Gasteiger partial charge in [0.1, 0.15) is 31.0 Å². The summed E-state index contributed by atoms with van der Waals surface area (Å²) in [6.07, 6.45) is 1.52. The van der Waals surface area contributed by atoms with E-state index in [0.717, 1.165) is 28.0 Å². The number of benzene rings is 5. The van der Waals surface area contributed by atoms with Crippen LogP contribution in [-0.4, -0.2) is 186 Å². The molecule has 0 fully saturated rings. The third-order valence-electron chi connectivity index (χ3n) is 13.3. The first-order chi connectivity index (χ1) is 42.7. The summed E-state index contributed by atoms with van der Waals surface area (Å²) in [4.78, 5) is 57.1. The van der Waals surface area contributed by atoms with Gasteiger partial charge in [-0.05, 0) is 83.4 Å². The normalized spacial score (nSPS) is 11.9. The van der Waals surface area contributed by atoms with E-state index in [4.69, 9.17) is 52.9 Å². The van der Waals surface area contributed by atoms with Gasteiger partial charge in [0, 0.05) is 30.1 Å². The van der Waals surface area contributed by atoms with Crippen molar-refractivity contribution in [2.24, 2.45) is 5.11 Å². The maximum Gasteiger partial charge on any atom is 0.246 e. The van der Waals surface area contributed by atoms with Gasteiger partial charge in [0.25, 0.3) is 0 Å². The zero-order chi connectivity index (χ0) is 61.7. The summed E-state index contributed by atoms with van der Waals surface area (Å²) in [7, 11) is 1.64. The SMILES string of the molecule is COc1ccc(C(NCCCC[C@H](NC(=O)[C@H](Cc2ccccc2)NC(=O)COCC(=O)NCCOCCOCCOCCOCCOCCOCCOCCOCCN=[N+]=[N-])C(=O)Nc2ccc(CO)cc2)(c2ccccc2)c2ccccc2)cc1. The van der Waals surface area contributed by atoms with Gasteiger partial charge in [-0.3, -0.25) is 24.5 Å². The molecule has 0 saturated heterocycles. The molecular weight excluding hydrogens is 1120 g/mol. The van der Waals surface area contributed by atoms with Crippen molar-refractivity contribution in [1.29, 1.82) is 0 Å². The molecule has 5 rings (SSSR count). The van der Waals surface area contributed by atoms with Crippen LogP contribution in [0, 0.1) is 0 Å². The van der Waals surface area contributed by atoms with Crippen molar-refractivity contribution in [3.8, 4) is 5.75 Å². The highest BCUT2D eigenvalue weighted by atomic mass is 16.6. The maximum absolute atomic E-state index is 14.3. The molecule has 4 amide bonds. The molecule has 23 nitrogen and oxygen atoms in total. The predicted molar refractivity (Wildman–Crippen MR) is 327 cm³/mol. The Hall–Kier alpha value is -7.35. The number of unbranched alkanes of at least 4 members (excludes halogenated alkanes) is 1. The zero-order valence-electron chi connectivity index (χ0n) is 49.8. The molecule has 0 unspecified atom stereocenters. The number of anilines is 1. The molecule has 0 heterocycles. The summed E-state index contributed by atoms with van der Waals surface area (Å²) in [5.41, 5.74) is 12.5. The molecule has 23 heteroatoms. The number of amides is 4. The first kappa shape index (κ1) is 70.4. The summed E-state index contributed by atoms with van der Waals surface area (Å²) >= 11 is 0. The van der Waals surface area contributed by atoms with E-state index in [1.807, 2.05) is 78.9 Å². The van der Waals surface area contributed by atoms with Crippen LogP contribution in [0.15, 0.2) is 145 Å². The van der Waals surface area contributed by atoms with E-state index in [9.17, 15) is 24.3 Å². The summed E-state index contributed by atoms with van der Waals surface area (Å²) < 4.78 is 54.6. The molecule has 5 aromatic rings. The summed E-state index contributed by atoms with van der Waals surface area (Å²) in [6, 6.07) is 42.3. The number of methoxy groups -OCH3 is 1. The lowest BCUT2D eigenvalue weighted by atomic mass is 9.77. The molecule has 0 bridgehead atoms. The van der Waals surface area contributed by atoms with E-state index in [-0.39, 0.29) is 32.6 Å². The Kier molecular flexibility index (Phi) is 35.7. The number of azide groups is 1. The Morgan fingerprint density at radius 2 is 0.989 bits per heavy atom. The van der Waals surface area contributed by atoms with Gasteiger partial charge >= 0.3 is 0 Å². The fraction of sp³-hybridized carbons (Fsp3) is 0.469. The van der Waals surface area contributed by atoms with E-state index >= 15 is 0 Å². The number of carbonyl (C=O) groups excluding carboxylic acids is 4. The Morgan fingerprint density at radius 3 is 1.49 bits per heavy atom. The lowest BCUT2D eigenvalue weighted by Gasteiger charge is -2.37. The molecule has 0 aliphatic carbocycles. The van der Waals surface area contributed by atoms with Crippen molar-refractivity contribution < 1.29 is 71.7 Å². The van der Waals surface area contributed by atoms with Crippen molar-refractivity contribution in [2.75, 3.05) is 151 Å². The fourth-order valence-corrected chi connectivity index (χ4v) is 8.87. The predicted octanol–water partition coefficient (Wildman–Crippen LogP) is 5.67. The smallest absolute Gasteiger partial charge is 0.246 e. The van der Waals surface area contributed by atoms with Crippen LogP contribution in [0.4, 0.5) is 5.69 Å². The van der Waals surface area contributed by atoms with E-state index in [2.05, 4.69) is 73.0 Å². The van der Waals surface area contributed by atoms with Crippen LogP contribution in [0.25, 0.3) is 10.4 Å². The van der Waals surface area contributed by atoms with E-state index in [1.165, 1.54) is 0 Å². The van der Waals surface area contributed by atoms with Gasteiger partial charge in [-0.25, -0.2) is 0 Å². The average molecular weight is 1210 g/mol. The monoisotopic (exact) mass is 1210 g/mol. The molecule has 6 N–H and O–H groups in total. The van der Waals surface area contributed by atoms with Crippen LogP contribution in [0.2, 0.25) is 0 Å². The minimum absolute atomic E-state index is 0.110. The van der Waals surface area contributed by atoms with Gasteiger partial charge in [-0.2, -0.15) is 0 Å². The number of hydrogen-bond donors (Lipinski definition) is 6. The first-order valence-corrected chi connectivity index (χ1v) is 29.4. The second-order valence-corrected chi connectivity index (χ2v) is 19.5. The van der Waals surface area contributed by atoms with Crippen LogP contribution in [0.5, 0.6) is 5.75 Å². The topological polar surface area (TPSA) is 290 Å². The zero-order valence-corrected chi connectivity index (χ0v) is 49.8. The molecule has 87 heavy (non-hydrogen) atoms. The first-order valence-electron chi connectivity index (χ1n) is 29.4. The summed E-state index contributed by atoms with van der Waals surface area (Å²) in [5, 5.41) is 28.2. The molecule has 0 spiro atoms. The Labute approximate surface area is 510 Å². The van der Waals surface area contributed by atoms with Gasteiger partial charge in [-0.15, -0.1) is 0 Å². The Balaban J connectivity index is 0.993. The minimum atomic E-state index is -1.11. The summed E-state index contributed by atoms with van der Waals surface area (Å²) in [5.74, 6) is -1.38. The van der Waals surface area contributed by atoms with E-state index in [1.54, 1.807) is 31.4 Å². The number of ether oxygens (including phenoxy) is 10. The van der Waals surface area contributed by atoms with Crippen molar-refractivity contribution in [2.45, 2.75) is 49.9 Å². The third-order valence-corrected chi connectivity index (χ3v) is 13.3. The molecule has 0 saturated carbocycles. The lowest BCUT2D eigenvalue weighted by molar-refractivity contribution is -0.134. The maximum atomic E-state index is 14.3. The number of aliphatic hydroxyl groups excluding tert-OH is 1. The summed E-state index contributed by atoms with van der Waals surface area (Å²) in [6.45, 7) is 6.34. The molecule has 2 atom stereocenters. The molecular formula is C64H86N8O15. The quantitative estimate of drug-likeness (QED) is 0.00900. The second-order valence-electron chi connectivity index (χ2n) is 19.5. The van der Waals surface area contributed by atoms with Crippen LogP contribution in [-0.2, 0) is 80.4 Å². The van der Waals surface area contributed by atoms with Gasteiger partial charge < -0.3 is 73.7 Å². The Bertz CT molecular complexity index is 2660. The highest BCUT2D eigenvalue weighted by Crippen LogP contribution is 2.37. The molecule has 0 aliphatic heterocycles. The van der Waals surface area contributed by atoms with Gasteiger partial charge in [-0.1, -0.05) is 120 Å². The highest BCUT2D eigenvalue weighted by Gasteiger charge is 2.36. The largest absolute Gasteiger partial charge is 0.497 e. The van der Waals surface area contributed by atoms with Crippen molar-refractivity contribution in [3.05, 3.63) is 178 Å². The Morgan fingerprint density at radius 1 is 0.506 bits per heavy atom. The number of aliphatic hydroxyl groups is 1. The van der Waals surface area contributed by atoms with Crippen LogP contribution < -0.4 is 31.3 Å². The van der Waals surface area contributed by atoms with Crippen molar-refractivity contribution in [1.82, 2.24) is 21.3 Å². The number of hydrogen-bond acceptors (Lipinski definition) is 17. The molecule has 472 valence electrons. The van der Waals surface area contributed by atoms with Crippen LogP contribution >= 0.6 is 0 Å². The van der Waals surface area contributed by atoms with Gasteiger partial charge in [0.2, 0.25) is 23.6 Å². The van der Waals surface area contributed by atoms with Gasteiger partial charge in [0.05, 0.1) is 125 Å².